The van der Waals surface area contributed by atoms with Crippen LogP contribution in [0.3, 0.4) is 0 Å². The SMILES string of the molecule is CCC(CCNC=O)CCC(=O)O. The average molecular weight is 187 g/mol. The molecule has 0 aromatic carbocycles. The number of aliphatic carboxylic acids is 1. The van der Waals surface area contributed by atoms with Gasteiger partial charge in [0.15, 0.2) is 0 Å². The highest BCUT2D eigenvalue weighted by Crippen LogP contribution is 2.14. The van der Waals surface area contributed by atoms with Gasteiger partial charge in [-0.3, -0.25) is 9.59 Å². The maximum atomic E-state index is 10.3. The Bertz CT molecular complexity index is 159. The minimum absolute atomic E-state index is 0.222. The fraction of sp³-hybridized carbons (Fsp3) is 0.778. The van der Waals surface area contributed by atoms with Gasteiger partial charge in [0.05, 0.1) is 0 Å². The Morgan fingerprint density at radius 1 is 1.54 bits per heavy atom. The van der Waals surface area contributed by atoms with Gasteiger partial charge in [-0.05, 0) is 18.8 Å². The van der Waals surface area contributed by atoms with Gasteiger partial charge in [-0.2, -0.15) is 0 Å². The van der Waals surface area contributed by atoms with Crippen molar-refractivity contribution in [2.75, 3.05) is 6.54 Å². The van der Waals surface area contributed by atoms with E-state index in [2.05, 4.69) is 5.32 Å². The van der Waals surface area contributed by atoms with Crippen LogP contribution in [-0.2, 0) is 9.59 Å². The maximum Gasteiger partial charge on any atom is 0.303 e. The minimum Gasteiger partial charge on any atom is -0.481 e. The smallest absolute Gasteiger partial charge is 0.303 e. The van der Waals surface area contributed by atoms with E-state index in [4.69, 9.17) is 5.11 Å². The van der Waals surface area contributed by atoms with Crippen LogP contribution in [0.1, 0.15) is 32.6 Å². The van der Waals surface area contributed by atoms with Gasteiger partial charge in [0.25, 0.3) is 0 Å². The molecule has 4 heteroatoms. The van der Waals surface area contributed by atoms with E-state index in [1.165, 1.54) is 0 Å². The standard InChI is InChI=1S/C9H17NO3/c1-2-8(3-4-9(12)13)5-6-10-7-11/h7-8H,2-6H2,1H3,(H,10,11)(H,12,13). The lowest BCUT2D eigenvalue weighted by Gasteiger charge is -2.12. The Labute approximate surface area is 78.3 Å². The van der Waals surface area contributed by atoms with E-state index in [0.29, 0.717) is 25.3 Å². The fourth-order valence-corrected chi connectivity index (χ4v) is 1.23. The van der Waals surface area contributed by atoms with Crippen molar-refractivity contribution >= 4 is 12.4 Å². The first kappa shape index (κ1) is 11.9. The molecule has 1 unspecified atom stereocenters. The Kier molecular flexibility index (Phi) is 6.96. The topological polar surface area (TPSA) is 66.4 Å². The Balaban J connectivity index is 3.50. The molecule has 0 aliphatic heterocycles. The van der Waals surface area contributed by atoms with Crippen LogP contribution >= 0.6 is 0 Å². The molecule has 13 heavy (non-hydrogen) atoms. The summed E-state index contributed by atoms with van der Waals surface area (Å²) >= 11 is 0. The molecule has 0 bridgehead atoms. The number of hydrogen-bond donors (Lipinski definition) is 2. The van der Waals surface area contributed by atoms with Gasteiger partial charge in [0.1, 0.15) is 0 Å². The van der Waals surface area contributed by atoms with Crippen molar-refractivity contribution in [1.82, 2.24) is 5.32 Å². The van der Waals surface area contributed by atoms with E-state index in [1.807, 2.05) is 6.92 Å². The summed E-state index contributed by atoms with van der Waals surface area (Å²) in [4.78, 5) is 20.2. The molecule has 76 valence electrons. The van der Waals surface area contributed by atoms with E-state index in [1.54, 1.807) is 0 Å². The van der Waals surface area contributed by atoms with Crippen molar-refractivity contribution in [3.8, 4) is 0 Å². The summed E-state index contributed by atoms with van der Waals surface area (Å²) in [6.07, 6.45) is 3.42. The van der Waals surface area contributed by atoms with Crippen LogP contribution in [0.2, 0.25) is 0 Å². The number of hydrogen-bond acceptors (Lipinski definition) is 2. The van der Waals surface area contributed by atoms with Crippen LogP contribution in [0.5, 0.6) is 0 Å². The van der Waals surface area contributed by atoms with Crippen LogP contribution in [0.25, 0.3) is 0 Å². The van der Waals surface area contributed by atoms with Gasteiger partial charge < -0.3 is 10.4 Å². The van der Waals surface area contributed by atoms with E-state index in [-0.39, 0.29) is 6.42 Å². The van der Waals surface area contributed by atoms with Gasteiger partial charge >= 0.3 is 5.97 Å². The van der Waals surface area contributed by atoms with Crippen molar-refractivity contribution in [3.63, 3.8) is 0 Å². The molecule has 0 aromatic rings. The lowest BCUT2D eigenvalue weighted by atomic mass is 9.97. The van der Waals surface area contributed by atoms with Crippen molar-refractivity contribution in [2.45, 2.75) is 32.6 Å². The highest BCUT2D eigenvalue weighted by Gasteiger charge is 2.07. The summed E-state index contributed by atoms with van der Waals surface area (Å²) in [6.45, 7) is 2.68. The number of carboxylic acids is 1. The molecule has 0 aliphatic rings. The monoisotopic (exact) mass is 187 g/mol. The van der Waals surface area contributed by atoms with Gasteiger partial charge in [0, 0.05) is 13.0 Å². The predicted molar refractivity (Wildman–Crippen MR) is 49.3 cm³/mol. The molecule has 4 nitrogen and oxygen atoms in total. The fourth-order valence-electron chi connectivity index (χ4n) is 1.23. The number of carboxylic acid groups (broad SMARTS) is 1. The molecule has 0 saturated carbocycles. The van der Waals surface area contributed by atoms with E-state index in [0.717, 1.165) is 12.8 Å². The van der Waals surface area contributed by atoms with Gasteiger partial charge in [-0.1, -0.05) is 13.3 Å². The molecular weight excluding hydrogens is 170 g/mol. The molecule has 0 aliphatic carbocycles. The van der Waals surface area contributed by atoms with E-state index >= 15 is 0 Å². The molecular formula is C9H17NO3. The molecule has 0 aromatic heterocycles. The highest BCUT2D eigenvalue weighted by atomic mass is 16.4. The summed E-state index contributed by atoms with van der Waals surface area (Å²) in [6, 6.07) is 0. The number of nitrogens with one attached hydrogen (secondary N) is 1. The lowest BCUT2D eigenvalue weighted by molar-refractivity contribution is -0.137. The molecule has 0 radical (unpaired) electrons. The Morgan fingerprint density at radius 3 is 2.69 bits per heavy atom. The zero-order valence-corrected chi connectivity index (χ0v) is 7.95. The second kappa shape index (κ2) is 7.58. The van der Waals surface area contributed by atoms with Crippen LogP contribution < -0.4 is 5.32 Å². The normalized spacial score (nSPS) is 12.1. The molecule has 0 rings (SSSR count). The van der Waals surface area contributed by atoms with Crippen LogP contribution in [-0.4, -0.2) is 24.0 Å². The Hall–Kier alpha value is -1.06. The Morgan fingerprint density at radius 2 is 2.23 bits per heavy atom. The quantitative estimate of drug-likeness (QED) is 0.440. The first-order valence-corrected chi connectivity index (χ1v) is 4.59. The largest absolute Gasteiger partial charge is 0.481 e. The maximum absolute atomic E-state index is 10.3. The lowest BCUT2D eigenvalue weighted by Crippen LogP contribution is -2.16. The van der Waals surface area contributed by atoms with Crippen LogP contribution in [0.15, 0.2) is 0 Å². The third kappa shape index (κ3) is 7.31. The third-order valence-corrected chi connectivity index (χ3v) is 2.12. The molecule has 1 amide bonds. The van der Waals surface area contributed by atoms with Crippen molar-refractivity contribution in [3.05, 3.63) is 0 Å². The molecule has 2 N–H and O–H groups in total. The molecule has 1 atom stereocenters. The number of amides is 1. The molecule has 0 spiro atoms. The molecule has 0 fully saturated rings. The van der Waals surface area contributed by atoms with Crippen molar-refractivity contribution in [1.29, 1.82) is 0 Å². The molecule has 0 heterocycles. The number of carbonyl (C=O) groups excluding carboxylic acids is 1. The second-order valence-corrected chi connectivity index (χ2v) is 3.07. The zero-order chi connectivity index (χ0) is 10.1. The zero-order valence-electron chi connectivity index (χ0n) is 7.95. The predicted octanol–water partition coefficient (Wildman–Crippen LogP) is 1.01. The summed E-state index contributed by atoms with van der Waals surface area (Å²) in [5.74, 6) is -0.342. The average Bonchev–Trinajstić information content (AvgIpc) is 2.10. The first-order chi connectivity index (χ1) is 6.20. The second-order valence-electron chi connectivity index (χ2n) is 3.07. The van der Waals surface area contributed by atoms with Crippen molar-refractivity contribution in [2.24, 2.45) is 5.92 Å². The minimum atomic E-state index is -0.748. The summed E-state index contributed by atoms with van der Waals surface area (Å²) in [5.41, 5.74) is 0. The van der Waals surface area contributed by atoms with E-state index < -0.39 is 5.97 Å². The van der Waals surface area contributed by atoms with Crippen LogP contribution in [0, 0.1) is 5.92 Å². The van der Waals surface area contributed by atoms with E-state index in [9.17, 15) is 9.59 Å². The number of rotatable bonds is 8. The van der Waals surface area contributed by atoms with Crippen molar-refractivity contribution < 1.29 is 14.7 Å². The molecule has 0 saturated heterocycles. The summed E-state index contributed by atoms with van der Waals surface area (Å²) < 4.78 is 0. The van der Waals surface area contributed by atoms with Gasteiger partial charge in [-0.15, -0.1) is 0 Å². The van der Waals surface area contributed by atoms with Gasteiger partial charge in [-0.25, -0.2) is 0 Å². The van der Waals surface area contributed by atoms with Gasteiger partial charge in [0.2, 0.25) is 6.41 Å². The first-order valence-electron chi connectivity index (χ1n) is 4.59. The summed E-state index contributed by atoms with van der Waals surface area (Å²) in [7, 11) is 0. The summed E-state index contributed by atoms with van der Waals surface area (Å²) in [5, 5.41) is 11.0. The third-order valence-electron chi connectivity index (χ3n) is 2.12. The number of carbonyl (C=O) groups is 2. The van der Waals surface area contributed by atoms with Crippen LogP contribution in [0.4, 0.5) is 0 Å². The highest BCUT2D eigenvalue weighted by molar-refractivity contribution is 5.66.